The van der Waals surface area contributed by atoms with E-state index in [1.54, 1.807) is 7.05 Å². The van der Waals surface area contributed by atoms with Gasteiger partial charge in [0.1, 0.15) is 0 Å². The minimum absolute atomic E-state index is 0.162. The number of nitrogens with one attached hydrogen (secondary N) is 1. The van der Waals surface area contributed by atoms with E-state index in [-0.39, 0.29) is 11.9 Å². The van der Waals surface area contributed by atoms with Crippen molar-refractivity contribution in [2.75, 3.05) is 7.05 Å². The van der Waals surface area contributed by atoms with E-state index >= 15 is 0 Å². The molecule has 0 heterocycles. The number of carbonyl (C=O) groups excluding carboxylic acids is 1. The van der Waals surface area contributed by atoms with Crippen molar-refractivity contribution < 1.29 is 4.79 Å². The van der Waals surface area contributed by atoms with Gasteiger partial charge in [0.2, 0.25) is 5.91 Å². The van der Waals surface area contributed by atoms with Crippen LogP contribution in [0.3, 0.4) is 0 Å². The molecule has 2 atom stereocenters. The molecular weight excluding hydrogens is 140 g/mol. The van der Waals surface area contributed by atoms with E-state index in [1.807, 2.05) is 0 Å². The van der Waals surface area contributed by atoms with E-state index < -0.39 is 0 Å². The highest BCUT2D eigenvalue weighted by Gasteiger charge is 2.14. The van der Waals surface area contributed by atoms with E-state index in [9.17, 15) is 4.79 Å². The van der Waals surface area contributed by atoms with Crippen LogP contribution >= 0.6 is 0 Å². The van der Waals surface area contributed by atoms with Crippen molar-refractivity contribution >= 4 is 5.91 Å². The van der Waals surface area contributed by atoms with E-state index in [0.717, 1.165) is 12.8 Å². The van der Waals surface area contributed by atoms with Crippen LogP contribution in [-0.4, -0.2) is 19.0 Å². The molecule has 0 aromatic rings. The Bertz CT molecular complexity index is 125. The Labute approximate surface area is 68.3 Å². The van der Waals surface area contributed by atoms with Gasteiger partial charge in [0.25, 0.3) is 0 Å². The highest BCUT2D eigenvalue weighted by atomic mass is 16.1. The quantitative estimate of drug-likeness (QED) is 0.612. The molecule has 1 unspecified atom stereocenters. The summed E-state index contributed by atoms with van der Waals surface area (Å²) >= 11 is 0. The standard InChI is InChI=1S/C8H18N2O/c1-4-6(2)5-7(10-3)8(9)11/h6-7,10H,4-5H2,1-3H3,(H2,9,11)/t6?,7-/m1/s1. The predicted molar refractivity (Wildman–Crippen MR) is 46.1 cm³/mol. The summed E-state index contributed by atoms with van der Waals surface area (Å²) in [6, 6.07) is -0.162. The third kappa shape index (κ3) is 3.98. The Kier molecular flexibility index (Phi) is 4.86. The molecule has 0 saturated carbocycles. The number of primary amides is 1. The fourth-order valence-corrected chi connectivity index (χ4v) is 0.945. The van der Waals surface area contributed by atoms with Crippen molar-refractivity contribution in [2.24, 2.45) is 11.7 Å². The lowest BCUT2D eigenvalue weighted by molar-refractivity contribution is -0.120. The molecule has 0 radical (unpaired) electrons. The molecule has 66 valence electrons. The Balaban J connectivity index is 3.77. The van der Waals surface area contributed by atoms with Crippen molar-refractivity contribution in [1.82, 2.24) is 5.32 Å². The first kappa shape index (κ1) is 10.4. The van der Waals surface area contributed by atoms with Crippen LogP contribution in [0.25, 0.3) is 0 Å². The maximum Gasteiger partial charge on any atom is 0.234 e. The van der Waals surface area contributed by atoms with Gasteiger partial charge in [0.15, 0.2) is 0 Å². The number of rotatable bonds is 5. The highest BCUT2D eigenvalue weighted by molar-refractivity contribution is 5.79. The molecule has 0 aliphatic carbocycles. The number of likely N-dealkylation sites (N-methyl/N-ethyl adjacent to an activating group) is 1. The molecule has 3 N–H and O–H groups in total. The number of amides is 1. The second-order valence-electron chi connectivity index (χ2n) is 2.99. The Morgan fingerprint density at radius 3 is 2.45 bits per heavy atom. The van der Waals surface area contributed by atoms with Crippen LogP contribution in [-0.2, 0) is 4.79 Å². The summed E-state index contributed by atoms with van der Waals surface area (Å²) in [5.41, 5.74) is 5.15. The van der Waals surface area contributed by atoms with Gasteiger partial charge in [-0.15, -0.1) is 0 Å². The first-order valence-electron chi connectivity index (χ1n) is 4.08. The van der Waals surface area contributed by atoms with Crippen LogP contribution in [0.4, 0.5) is 0 Å². The SMILES string of the molecule is CCC(C)C[C@@H](NC)C(N)=O. The van der Waals surface area contributed by atoms with Gasteiger partial charge in [-0.25, -0.2) is 0 Å². The third-order valence-electron chi connectivity index (χ3n) is 2.03. The summed E-state index contributed by atoms with van der Waals surface area (Å²) in [4.78, 5) is 10.7. The van der Waals surface area contributed by atoms with Gasteiger partial charge in [0.05, 0.1) is 6.04 Å². The molecule has 11 heavy (non-hydrogen) atoms. The molecule has 0 spiro atoms. The first-order chi connectivity index (χ1) is 5.11. The minimum Gasteiger partial charge on any atom is -0.368 e. The molecule has 0 saturated heterocycles. The van der Waals surface area contributed by atoms with Crippen LogP contribution < -0.4 is 11.1 Å². The lowest BCUT2D eigenvalue weighted by Crippen LogP contribution is -2.40. The molecule has 0 fully saturated rings. The summed E-state index contributed by atoms with van der Waals surface area (Å²) in [6.07, 6.45) is 1.92. The fraction of sp³-hybridized carbons (Fsp3) is 0.875. The van der Waals surface area contributed by atoms with Gasteiger partial charge in [-0.2, -0.15) is 0 Å². The molecule has 0 aromatic heterocycles. The third-order valence-corrected chi connectivity index (χ3v) is 2.03. The average molecular weight is 158 g/mol. The zero-order chi connectivity index (χ0) is 8.85. The molecule has 1 amide bonds. The minimum atomic E-state index is -0.257. The molecule has 3 heteroatoms. The molecule has 0 rings (SSSR count). The van der Waals surface area contributed by atoms with Crippen LogP contribution in [0, 0.1) is 5.92 Å². The van der Waals surface area contributed by atoms with Gasteiger partial charge in [-0.1, -0.05) is 20.3 Å². The van der Waals surface area contributed by atoms with E-state index in [2.05, 4.69) is 19.2 Å². The van der Waals surface area contributed by atoms with Crippen LogP contribution in [0.5, 0.6) is 0 Å². The molecule has 0 aromatic carbocycles. The Hall–Kier alpha value is -0.570. The second kappa shape index (κ2) is 5.13. The molecular formula is C8H18N2O. The molecule has 0 aliphatic rings. The lowest BCUT2D eigenvalue weighted by Gasteiger charge is -2.15. The van der Waals surface area contributed by atoms with Crippen molar-refractivity contribution in [2.45, 2.75) is 32.7 Å². The monoisotopic (exact) mass is 158 g/mol. The van der Waals surface area contributed by atoms with Gasteiger partial charge < -0.3 is 11.1 Å². The van der Waals surface area contributed by atoms with Gasteiger partial charge in [-0.05, 0) is 19.4 Å². The fourth-order valence-electron chi connectivity index (χ4n) is 0.945. The molecule has 0 aliphatic heterocycles. The van der Waals surface area contributed by atoms with Crippen LogP contribution in [0.15, 0.2) is 0 Å². The summed E-state index contributed by atoms with van der Waals surface area (Å²) in [5.74, 6) is 0.299. The maximum atomic E-state index is 10.7. The van der Waals surface area contributed by atoms with E-state index in [1.165, 1.54) is 0 Å². The Morgan fingerprint density at radius 1 is 1.64 bits per heavy atom. The maximum absolute atomic E-state index is 10.7. The summed E-state index contributed by atoms with van der Waals surface area (Å²) in [7, 11) is 1.76. The van der Waals surface area contributed by atoms with E-state index in [4.69, 9.17) is 5.73 Å². The summed E-state index contributed by atoms with van der Waals surface area (Å²) in [6.45, 7) is 4.23. The van der Waals surface area contributed by atoms with Crippen molar-refractivity contribution in [3.05, 3.63) is 0 Å². The average Bonchev–Trinajstić information content (AvgIpc) is 1.99. The first-order valence-corrected chi connectivity index (χ1v) is 4.08. The normalized spacial score (nSPS) is 15.9. The van der Waals surface area contributed by atoms with E-state index in [0.29, 0.717) is 5.92 Å². The van der Waals surface area contributed by atoms with Gasteiger partial charge >= 0.3 is 0 Å². The van der Waals surface area contributed by atoms with Crippen molar-refractivity contribution in [1.29, 1.82) is 0 Å². The highest BCUT2D eigenvalue weighted by Crippen LogP contribution is 2.08. The topological polar surface area (TPSA) is 55.1 Å². The van der Waals surface area contributed by atoms with Crippen molar-refractivity contribution in [3.63, 3.8) is 0 Å². The Morgan fingerprint density at radius 2 is 2.18 bits per heavy atom. The summed E-state index contributed by atoms with van der Waals surface area (Å²) < 4.78 is 0. The lowest BCUT2D eigenvalue weighted by atomic mass is 9.99. The number of hydrogen-bond acceptors (Lipinski definition) is 2. The van der Waals surface area contributed by atoms with Gasteiger partial charge in [0, 0.05) is 0 Å². The number of nitrogens with two attached hydrogens (primary N) is 1. The van der Waals surface area contributed by atoms with Crippen molar-refractivity contribution in [3.8, 4) is 0 Å². The number of hydrogen-bond donors (Lipinski definition) is 2. The number of carbonyl (C=O) groups is 1. The molecule has 3 nitrogen and oxygen atoms in total. The smallest absolute Gasteiger partial charge is 0.234 e. The second-order valence-corrected chi connectivity index (χ2v) is 2.99. The van der Waals surface area contributed by atoms with Crippen LogP contribution in [0.1, 0.15) is 26.7 Å². The zero-order valence-electron chi connectivity index (χ0n) is 7.55. The largest absolute Gasteiger partial charge is 0.368 e. The predicted octanol–water partition coefficient (Wildman–Crippen LogP) is 0.496. The van der Waals surface area contributed by atoms with Gasteiger partial charge in [-0.3, -0.25) is 4.79 Å². The van der Waals surface area contributed by atoms with Crippen LogP contribution in [0.2, 0.25) is 0 Å². The zero-order valence-corrected chi connectivity index (χ0v) is 7.55. The molecule has 0 bridgehead atoms. The summed E-state index contributed by atoms with van der Waals surface area (Å²) in [5, 5.41) is 2.89.